The first-order valence-corrected chi connectivity index (χ1v) is 11.4. The summed E-state index contributed by atoms with van der Waals surface area (Å²) in [6.07, 6.45) is 0.211. The van der Waals surface area contributed by atoms with Gasteiger partial charge < -0.3 is 20.1 Å². The molecule has 2 rings (SSSR count). The van der Waals surface area contributed by atoms with Crippen LogP contribution in [0.15, 0.2) is 48.5 Å². The highest BCUT2D eigenvalue weighted by Gasteiger charge is 2.16. The SMILES string of the molecule is CCP(=O)(O)COc1ccc(CC(C)NCC(O)c2cccc(Cl)c2)cc1. The van der Waals surface area contributed by atoms with Gasteiger partial charge in [0.25, 0.3) is 0 Å². The quantitative estimate of drug-likeness (QED) is 0.510. The second-order valence-electron chi connectivity index (χ2n) is 6.66. The molecule has 2 aromatic rings. The molecule has 3 atom stereocenters. The Morgan fingerprint density at radius 2 is 1.93 bits per heavy atom. The summed E-state index contributed by atoms with van der Waals surface area (Å²) in [4.78, 5) is 9.55. The molecule has 7 heteroatoms. The number of aliphatic hydroxyl groups is 1. The first-order valence-electron chi connectivity index (χ1n) is 8.98. The van der Waals surface area contributed by atoms with Gasteiger partial charge in [0.15, 0.2) is 6.35 Å². The molecule has 148 valence electrons. The molecule has 27 heavy (non-hydrogen) atoms. The number of ether oxygens (including phenoxy) is 1. The average molecular weight is 412 g/mol. The Morgan fingerprint density at radius 3 is 2.56 bits per heavy atom. The number of aliphatic hydroxyl groups excluding tert-OH is 1. The molecule has 2 aromatic carbocycles. The normalized spacial score (nSPS) is 15.7. The van der Waals surface area contributed by atoms with Crippen LogP contribution in [-0.4, -0.2) is 35.1 Å². The van der Waals surface area contributed by atoms with Crippen molar-refractivity contribution < 1.29 is 19.3 Å². The minimum atomic E-state index is -3.18. The molecule has 0 heterocycles. The number of nitrogens with one attached hydrogen (secondary N) is 1. The van der Waals surface area contributed by atoms with Gasteiger partial charge in [-0.2, -0.15) is 0 Å². The summed E-state index contributed by atoms with van der Waals surface area (Å²) < 4.78 is 17.0. The highest BCUT2D eigenvalue weighted by Crippen LogP contribution is 2.39. The van der Waals surface area contributed by atoms with Gasteiger partial charge in [-0.1, -0.05) is 42.8 Å². The van der Waals surface area contributed by atoms with E-state index in [1.165, 1.54) is 0 Å². The van der Waals surface area contributed by atoms with E-state index in [2.05, 4.69) is 12.2 Å². The van der Waals surface area contributed by atoms with Crippen molar-refractivity contribution in [3.63, 3.8) is 0 Å². The van der Waals surface area contributed by atoms with Crippen molar-refractivity contribution in [2.45, 2.75) is 32.4 Å². The molecule has 0 saturated heterocycles. The molecule has 0 saturated carbocycles. The van der Waals surface area contributed by atoms with Crippen LogP contribution >= 0.6 is 19.0 Å². The zero-order valence-electron chi connectivity index (χ0n) is 15.6. The fraction of sp³-hybridized carbons (Fsp3) is 0.400. The molecule has 0 amide bonds. The van der Waals surface area contributed by atoms with Crippen LogP contribution in [-0.2, 0) is 11.0 Å². The summed E-state index contributed by atoms with van der Waals surface area (Å²) in [7, 11) is -3.18. The van der Waals surface area contributed by atoms with E-state index in [9.17, 15) is 14.6 Å². The Balaban J connectivity index is 1.80. The minimum absolute atomic E-state index is 0.164. The van der Waals surface area contributed by atoms with E-state index in [1.807, 2.05) is 24.3 Å². The Bertz CT molecular complexity index is 769. The molecule has 3 unspecified atom stereocenters. The first kappa shape index (κ1) is 21.9. The van der Waals surface area contributed by atoms with E-state index < -0.39 is 13.5 Å². The van der Waals surface area contributed by atoms with Crippen molar-refractivity contribution in [3.8, 4) is 5.75 Å². The molecule has 0 bridgehead atoms. The van der Waals surface area contributed by atoms with Gasteiger partial charge in [0, 0.05) is 23.8 Å². The standard InChI is InChI=1S/C20H27ClNO4P/c1-3-27(24,25)14-26-19-9-7-16(8-10-19)11-15(2)22-13-20(23)17-5-4-6-18(21)12-17/h4-10,12,15,20,22-23H,3,11,13-14H2,1-2H3,(H,24,25). The number of hydrogen-bond acceptors (Lipinski definition) is 4. The number of hydrogen-bond donors (Lipinski definition) is 3. The molecular weight excluding hydrogens is 385 g/mol. The highest BCUT2D eigenvalue weighted by atomic mass is 35.5. The third-order valence-electron chi connectivity index (χ3n) is 4.29. The van der Waals surface area contributed by atoms with E-state index in [0.717, 1.165) is 17.5 Å². The van der Waals surface area contributed by atoms with Gasteiger partial charge in [-0.15, -0.1) is 0 Å². The summed E-state index contributed by atoms with van der Waals surface area (Å²) in [6, 6.07) is 14.9. The topological polar surface area (TPSA) is 78.8 Å². The van der Waals surface area contributed by atoms with Crippen LogP contribution in [0, 0.1) is 0 Å². The van der Waals surface area contributed by atoms with E-state index in [4.69, 9.17) is 16.3 Å². The number of rotatable bonds is 10. The van der Waals surface area contributed by atoms with E-state index in [-0.39, 0.29) is 18.6 Å². The summed E-state index contributed by atoms with van der Waals surface area (Å²) in [5.41, 5.74) is 1.90. The van der Waals surface area contributed by atoms with Crippen LogP contribution in [0.5, 0.6) is 5.75 Å². The fourth-order valence-corrected chi connectivity index (χ4v) is 3.29. The minimum Gasteiger partial charge on any atom is -0.484 e. The molecule has 5 nitrogen and oxygen atoms in total. The molecule has 0 spiro atoms. The molecule has 0 aliphatic rings. The molecule has 0 aliphatic carbocycles. The summed E-state index contributed by atoms with van der Waals surface area (Å²) >= 11 is 5.96. The van der Waals surface area contributed by atoms with Crippen molar-refractivity contribution in [1.82, 2.24) is 5.32 Å². The monoisotopic (exact) mass is 411 g/mol. The Labute approximate surface area is 165 Å². The van der Waals surface area contributed by atoms with Crippen LogP contribution in [0.1, 0.15) is 31.1 Å². The fourth-order valence-electron chi connectivity index (χ4n) is 2.56. The van der Waals surface area contributed by atoms with E-state index in [1.54, 1.807) is 31.2 Å². The molecule has 0 radical (unpaired) electrons. The summed E-state index contributed by atoms with van der Waals surface area (Å²) in [6.45, 7) is 4.16. The predicted octanol–water partition coefficient (Wildman–Crippen LogP) is 4.22. The highest BCUT2D eigenvalue weighted by molar-refractivity contribution is 7.57. The third-order valence-corrected chi connectivity index (χ3v) is 6.04. The molecule has 0 aliphatic heterocycles. The van der Waals surface area contributed by atoms with Crippen LogP contribution in [0.2, 0.25) is 5.02 Å². The largest absolute Gasteiger partial charge is 0.484 e. The van der Waals surface area contributed by atoms with Gasteiger partial charge >= 0.3 is 0 Å². The van der Waals surface area contributed by atoms with Crippen molar-refractivity contribution in [2.75, 3.05) is 19.1 Å². The van der Waals surface area contributed by atoms with E-state index >= 15 is 0 Å². The second kappa shape index (κ2) is 10.3. The Hall–Kier alpha value is -1.36. The third kappa shape index (κ3) is 7.65. The lowest BCUT2D eigenvalue weighted by Crippen LogP contribution is -2.32. The zero-order valence-corrected chi connectivity index (χ0v) is 17.3. The Morgan fingerprint density at radius 1 is 1.22 bits per heavy atom. The first-order chi connectivity index (χ1) is 12.8. The van der Waals surface area contributed by atoms with Crippen LogP contribution < -0.4 is 10.1 Å². The molecule has 0 aromatic heterocycles. The van der Waals surface area contributed by atoms with Crippen LogP contribution in [0.3, 0.4) is 0 Å². The number of halogens is 1. The summed E-state index contributed by atoms with van der Waals surface area (Å²) in [5.74, 6) is 0.582. The lowest BCUT2D eigenvalue weighted by atomic mass is 10.1. The van der Waals surface area contributed by atoms with Crippen LogP contribution in [0.25, 0.3) is 0 Å². The van der Waals surface area contributed by atoms with Gasteiger partial charge in [0.1, 0.15) is 5.75 Å². The zero-order chi connectivity index (χ0) is 19.9. The maximum Gasteiger partial charge on any atom is 0.236 e. The van der Waals surface area contributed by atoms with Crippen molar-refractivity contribution in [2.24, 2.45) is 0 Å². The lowest BCUT2D eigenvalue weighted by Gasteiger charge is -2.18. The number of benzene rings is 2. The molecular formula is C20H27ClNO4P. The van der Waals surface area contributed by atoms with Crippen molar-refractivity contribution in [1.29, 1.82) is 0 Å². The van der Waals surface area contributed by atoms with Gasteiger partial charge in [-0.25, -0.2) is 0 Å². The van der Waals surface area contributed by atoms with Gasteiger partial charge in [0.2, 0.25) is 7.37 Å². The predicted molar refractivity (Wildman–Crippen MR) is 110 cm³/mol. The van der Waals surface area contributed by atoms with Crippen molar-refractivity contribution >= 4 is 19.0 Å². The summed E-state index contributed by atoms with van der Waals surface area (Å²) in [5, 5.41) is 14.2. The van der Waals surface area contributed by atoms with Gasteiger partial charge in [-0.3, -0.25) is 4.57 Å². The van der Waals surface area contributed by atoms with Gasteiger partial charge in [-0.05, 0) is 48.7 Å². The average Bonchev–Trinajstić information content (AvgIpc) is 2.65. The van der Waals surface area contributed by atoms with E-state index in [0.29, 0.717) is 17.3 Å². The maximum absolute atomic E-state index is 11.6. The second-order valence-corrected chi connectivity index (χ2v) is 9.68. The Kier molecular flexibility index (Phi) is 8.33. The maximum atomic E-state index is 11.6. The molecule has 3 N–H and O–H groups in total. The lowest BCUT2D eigenvalue weighted by molar-refractivity contribution is 0.170. The smallest absolute Gasteiger partial charge is 0.236 e. The van der Waals surface area contributed by atoms with Crippen LogP contribution in [0.4, 0.5) is 0 Å². The van der Waals surface area contributed by atoms with Gasteiger partial charge in [0.05, 0.1) is 6.10 Å². The molecule has 0 fully saturated rings. The van der Waals surface area contributed by atoms with Crippen molar-refractivity contribution in [3.05, 3.63) is 64.7 Å².